The van der Waals surface area contributed by atoms with Crippen molar-refractivity contribution in [2.75, 3.05) is 18.2 Å². The molecule has 0 bridgehead atoms. The summed E-state index contributed by atoms with van der Waals surface area (Å²) in [6.45, 7) is 8.40. The average molecular weight is 409 g/mol. The zero-order valence-corrected chi connectivity index (χ0v) is 17.6. The van der Waals surface area contributed by atoms with Crippen LogP contribution >= 0.6 is 11.8 Å². The van der Waals surface area contributed by atoms with E-state index < -0.39 is 0 Å². The Morgan fingerprint density at radius 3 is 2.66 bits per heavy atom. The number of aryl methyl sites for hydroxylation is 1. The lowest BCUT2D eigenvalue weighted by Crippen LogP contribution is -2.15. The fourth-order valence-corrected chi connectivity index (χ4v) is 3.59. The summed E-state index contributed by atoms with van der Waals surface area (Å²) in [4.78, 5) is 12.4. The molecule has 0 spiro atoms. The van der Waals surface area contributed by atoms with E-state index in [1.54, 1.807) is 13.2 Å². The van der Waals surface area contributed by atoms with E-state index in [1.165, 1.54) is 11.8 Å². The molecular weight excluding hydrogens is 384 g/mol. The van der Waals surface area contributed by atoms with E-state index in [0.717, 1.165) is 34.0 Å². The summed E-state index contributed by atoms with van der Waals surface area (Å²) in [6.07, 6.45) is 1.79. The van der Waals surface area contributed by atoms with Crippen molar-refractivity contribution in [1.29, 1.82) is 0 Å². The number of carbonyl (C=O) groups is 1. The molecule has 0 fully saturated rings. The molecule has 1 heterocycles. The molecule has 0 atom stereocenters. The van der Waals surface area contributed by atoms with Crippen LogP contribution < -0.4 is 10.1 Å². The number of hydrogen-bond donors (Lipinski definition) is 1. The van der Waals surface area contributed by atoms with Crippen molar-refractivity contribution < 1.29 is 9.53 Å². The van der Waals surface area contributed by atoms with Gasteiger partial charge < -0.3 is 10.1 Å². The van der Waals surface area contributed by atoms with Crippen molar-refractivity contribution in [2.24, 2.45) is 0 Å². The smallest absolute Gasteiger partial charge is 0.234 e. The number of benzene rings is 2. The minimum Gasteiger partial charge on any atom is -0.497 e. The molecule has 0 aliphatic carbocycles. The molecule has 1 N–H and O–H groups in total. The lowest BCUT2D eigenvalue weighted by Gasteiger charge is -2.11. The number of nitrogens with one attached hydrogen (secondary N) is 1. The Bertz CT molecular complexity index is 1010. The number of ether oxygens (including phenoxy) is 1. The van der Waals surface area contributed by atoms with Crippen molar-refractivity contribution >= 4 is 23.4 Å². The molecule has 0 aliphatic heterocycles. The second-order valence-corrected chi connectivity index (χ2v) is 7.46. The predicted octanol–water partition coefficient (Wildman–Crippen LogP) is 4.49. The first kappa shape index (κ1) is 20.7. The van der Waals surface area contributed by atoms with Gasteiger partial charge in [0.15, 0.2) is 11.0 Å². The Balaban J connectivity index is 1.73. The van der Waals surface area contributed by atoms with Gasteiger partial charge in [-0.3, -0.25) is 9.36 Å². The van der Waals surface area contributed by atoms with Gasteiger partial charge in [0.1, 0.15) is 5.75 Å². The van der Waals surface area contributed by atoms with Crippen LogP contribution in [0.4, 0.5) is 5.69 Å². The van der Waals surface area contributed by atoms with Crippen LogP contribution in [0.25, 0.3) is 11.4 Å². The summed E-state index contributed by atoms with van der Waals surface area (Å²) in [5.74, 6) is 1.67. The number of aromatic nitrogens is 3. The number of methoxy groups -OCH3 is 1. The lowest BCUT2D eigenvalue weighted by molar-refractivity contribution is -0.113. The fourth-order valence-electron chi connectivity index (χ4n) is 2.85. The Morgan fingerprint density at radius 2 is 1.97 bits per heavy atom. The van der Waals surface area contributed by atoms with Crippen LogP contribution in [0.3, 0.4) is 0 Å². The zero-order valence-electron chi connectivity index (χ0n) is 16.8. The van der Waals surface area contributed by atoms with Gasteiger partial charge in [-0.05, 0) is 55.3 Å². The Morgan fingerprint density at radius 1 is 1.21 bits per heavy atom. The average Bonchev–Trinajstić information content (AvgIpc) is 3.13. The van der Waals surface area contributed by atoms with Crippen molar-refractivity contribution in [3.8, 4) is 17.1 Å². The van der Waals surface area contributed by atoms with E-state index in [9.17, 15) is 4.79 Å². The Kier molecular flexibility index (Phi) is 6.72. The maximum Gasteiger partial charge on any atom is 0.234 e. The highest BCUT2D eigenvalue weighted by molar-refractivity contribution is 7.99. The number of carbonyl (C=O) groups excluding carboxylic acids is 1. The van der Waals surface area contributed by atoms with Gasteiger partial charge in [0, 0.05) is 17.8 Å². The second kappa shape index (κ2) is 9.43. The van der Waals surface area contributed by atoms with E-state index in [0.29, 0.717) is 11.7 Å². The van der Waals surface area contributed by atoms with Gasteiger partial charge in [0.25, 0.3) is 0 Å². The molecule has 7 heteroatoms. The highest BCUT2D eigenvalue weighted by Gasteiger charge is 2.15. The third-order valence-electron chi connectivity index (χ3n) is 4.59. The van der Waals surface area contributed by atoms with Gasteiger partial charge >= 0.3 is 0 Å². The summed E-state index contributed by atoms with van der Waals surface area (Å²) in [5.41, 5.74) is 3.97. The molecule has 2 aromatic carbocycles. The summed E-state index contributed by atoms with van der Waals surface area (Å²) >= 11 is 1.35. The number of allylic oxidation sites excluding steroid dienone is 1. The quantitative estimate of drug-likeness (QED) is 0.439. The first-order chi connectivity index (χ1) is 14.0. The molecule has 0 saturated carbocycles. The molecule has 0 saturated heterocycles. The first-order valence-corrected chi connectivity index (χ1v) is 10.2. The van der Waals surface area contributed by atoms with Gasteiger partial charge in [0.2, 0.25) is 5.91 Å². The third-order valence-corrected chi connectivity index (χ3v) is 5.55. The standard InChI is InChI=1S/C22H24N4O2S/c1-5-13-26-21(17-9-11-18(28-4)12-10-17)24-25-22(26)29-14-20(27)23-19-8-6-7-15(2)16(19)3/h5-12H,1,13-14H2,2-4H3,(H,23,27). The van der Waals surface area contributed by atoms with E-state index >= 15 is 0 Å². The van der Waals surface area contributed by atoms with Gasteiger partial charge in [-0.15, -0.1) is 16.8 Å². The topological polar surface area (TPSA) is 69.0 Å². The lowest BCUT2D eigenvalue weighted by atomic mass is 10.1. The number of nitrogens with zero attached hydrogens (tertiary/aromatic N) is 3. The minimum atomic E-state index is -0.0807. The SMILES string of the molecule is C=CCn1c(SCC(=O)Nc2cccc(C)c2C)nnc1-c1ccc(OC)cc1. The third kappa shape index (κ3) is 4.86. The van der Waals surface area contributed by atoms with Crippen LogP contribution in [0.2, 0.25) is 0 Å². The molecule has 3 aromatic rings. The molecule has 0 unspecified atom stereocenters. The van der Waals surface area contributed by atoms with E-state index in [2.05, 4.69) is 22.1 Å². The van der Waals surface area contributed by atoms with Crippen LogP contribution in [0.15, 0.2) is 60.3 Å². The summed E-state index contributed by atoms with van der Waals surface area (Å²) in [6, 6.07) is 13.5. The fraction of sp³-hybridized carbons (Fsp3) is 0.227. The summed E-state index contributed by atoms with van der Waals surface area (Å²) < 4.78 is 7.16. The zero-order chi connectivity index (χ0) is 20.8. The molecule has 6 nitrogen and oxygen atoms in total. The number of anilines is 1. The second-order valence-electron chi connectivity index (χ2n) is 6.52. The highest BCUT2D eigenvalue weighted by atomic mass is 32.2. The molecule has 1 aromatic heterocycles. The van der Waals surface area contributed by atoms with Crippen LogP contribution in [0, 0.1) is 13.8 Å². The van der Waals surface area contributed by atoms with Gasteiger partial charge in [0.05, 0.1) is 12.9 Å². The predicted molar refractivity (Wildman–Crippen MR) is 117 cm³/mol. The van der Waals surface area contributed by atoms with Crippen LogP contribution in [-0.4, -0.2) is 33.5 Å². The van der Waals surface area contributed by atoms with Crippen LogP contribution in [0.5, 0.6) is 5.75 Å². The number of rotatable bonds is 8. The van der Waals surface area contributed by atoms with Crippen molar-refractivity contribution in [2.45, 2.75) is 25.5 Å². The summed E-state index contributed by atoms with van der Waals surface area (Å²) in [7, 11) is 1.63. The van der Waals surface area contributed by atoms with E-state index in [1.807, 2.05) is 60.9 Å². The van der Waals surface area contributed by atoms with Crippen molar-refractivity contribution in [3.63, 3.8) is 0 Å². The monoisotopic (exact) mass is 408 g/mol. The van der Waals surface area contributed by atoms with E-state index in [-0.39, 0.29) is 11.7 Å². The molecule has 0 radical (unpaired) electrons. The number of thioether (sulfide) groups is 1. The minimum absolute atomic E-state index is 0.0807. The molecule has 1 amide bonds. The van der Waals surface area contributed by atoms with Crippen molar-refractivity contribution in [3.05, 3.63) is 66.2 Å². The molecular formula is C22H24N4O2S. The maximum atomic E-state index is 12.4. The number of amides is 1. The molecule has 150 valence electrons. The molecule has 0 aliphatic rings. The Hall–Kier alpha value is -3.06. The molecule has 3 rings (SSSR count). The van der Waals surface area contributed by atoms with E-state index in [4.69, 9.17) is 4.74 Å². The van der Waals surface area contributed by atoms with Gasteiger partial charge in [-0.2, -0.15) is 0 Å². The highest BCUT2D eigenvalue weighted by Crippen LogP contribution is 2.26. The summed E-state index contributed by atoms with van der Waals surface area (Å²) in [5, 5.41) is 12.2. The normalized spacial score (nSPS) is 10.6. The van der Waals surface area contributed by atoms with Crippen LogP contribution in [-0.2, 0) is 11.3 Å². The maximum absolute atomic E-state index is 12.4. The number of hydrogen-bond acceptors (Lipinski definition) is 5. The Labute approximate surface area is 175 Å². The largest absolute Gasteiger partial charge is 0.497 e. The first-order valence-electron chi connectivity index (χ1n) is 9.21. The van der Waals surface area contributed by atoms with Gasteiger partial charge in [-0.1, -0.05) is 30.0 Å². The van der Waals surface area contributed by atoms with Crippen molar-refractivity contribution in [1.82, 2.24) is 14.8 Å². The van der Waals surface area contributed by atoms with Crippen LogP contribution in [0.1, 0.15) is 11.1 Å². The molecule has 29 heavy (non-hydrogen) atoms. The van der Waals surface area contributed by atoms with Gasteiger partial charge in [-0.25, -0.2) is 0 Å².